The van der Waals surface area contributed by atoms with Gasteiger partial charge in [0.25, 0.3) is 0 Å². The van der Waals surface area contributed by atoms with E-state index in [9.17, 15) is 14.8 Å². The molecule has 0 saturated heterocycles. The third kappa shape index (κ3) is 4.91. The van der Waals surface area contributed by atoms with Crippen molar-refractivity contribution in [2.24, 2.45) is 5.84 Å². The van der Waals surface area contributed by atoms with Gasteiger partial charge in [-0.05, 0) is 23.5 Å². The molecule has 0 unspecified atom stereocenters. The Morgan fingerprint density at radius 3 is 2.69 bits per heavy atom. The molecule has 156 valence electrons. The number of benzene rings is 1. The van der Waals surface area contributed by atoms with Gasteiger partial charge in [-0.1, -0.05) is 52.3 Å². The summed E-state index contributed by atoms with van der Waals surface area (Å²) in [5, 5.41) is 26.3. The van der Waals surface area contributed by atoms with Crippen LogP contribution in [0.5, 0.6) is 0 Å². The maximum absolute atomic E-state index is 12.9. The number of nitrogens with zero attached hydrogens (tertiary/aromatic N) is 5. The van der Waals surface area contributed by atoms with E-state index in [0.717, 1.165) is 15.8 Å². The van der Waals surface area contributed by atoms with Gasteiger partial charge < -0.3 is 15.1 Å². The molecule has 0 saturated carbocycles. The molecule has 12 heteroatoms. The zero-order valence-electron chi connectivity index (χ0n) is 15.6. The lowest BCUT2D eigenvalue weighted by molar-refractivity contribution is -0.676. The summed E-state index contributed by atoms with van der Waals surface area (Å²) < 4.78 is 5.40. The highest BCUT2D eigenvalue weighted by atomic mass is 32.2. The molecule has 0 radical (unpaired) electrons. The predicted octanol–water partition coefficient (Wildman–Crippen LogP) is 1.46. The first-order chi connectivity index (χ1) is 14.0. The Hall–Kier alpha value is -2.96. The number of aliphatic carboxylic acids is 1. The van der Waals surface area contributed by atoms with Crippen molar-refractivity contribution in [3.05, 3.63) is 52.7 Å². The van der Waals surface area contributed by atoms with Crippen LogP contribution in [0.4, 0.5) is 4.79 Å². The van der Waals surface area contributed by atoms with Gasteiger partial charge in [-0.2, -0.15) is 0 Å². The van der Waals surface area contributed by atoms with E-state index in [-0.39, 0.29) is 25.5 Å². The lowest BCUT2D eigenvalue weighted by atomic mass is 10.2. The first-order valence-electron chi connectivity index (χ1n) is 8.93. The molecule has 1 amide bonds. The molecular weight excluding hydrogens is 400 g/mol. The fourth-order valence-electron chi connectivity index (χ4n) is 2.79. The SMILES string of the molecule is NN1N(CCCCC(=O)O)N(C(=O)OCc2ccccc2)C(N2C=CSC2)=[N+]1[O-]. The lowest BCUT2D eigenvalue weighted by Crippen LogP contribution is -2.55. The van der Waals surface area contributed by atoms with Crippen LogP contribution in [-0.4, -0.2) is 60.7 Å². The molecule has 0 aromatic heterocycles. The summed E-state index contributed by atoms with van der Waals surface area (Å²) in [5.41, 5.74) is 0.801. The van der Waals surface area contributed by atoms with Crippen LogP contribution in [0, 0.1) is 5.21 Å². The van der Waals surface area contributed by atoms with Gasteiger partial charge in [0.05, 0.1) is 12.7 Å². The van der Waals surface area contributed by atoms with Crippen LogP contribution in [0.1, 0.15) is 24.8 Å². The summed E-state index contributed by atoms with van der Waals surface area (Å²) in [5.74, 6) is 5.41. The number of carboxylic acid groups (broad SMARTS) is 1. The van der Waals surface area contributed by atoms with E-state index >= 15 is 0 Å². The number of nitrogens with two attached hydrogens (primary N) is 1. The fourth-order valence-corrected chi connectivity index (χ4v) is 3.47. The summed E-state index contributed by atoms with van der Waals surface area (Å²) in [4.78, 5) is 25.6. The van der Waals surface area contributed by atoms with Gasteiger partial charge in [-0.15, -0.1) is 4.85 Å². The molecule has 0 spiro atoms. The second-order valence-electron chi connectivity index (χ2n) is 6.24. The van der Waals surface area contributed by atoms with E-state index in [2.05, 4.69) is 0 Å². The van der Waals surface area contributed by atoms with Crippen molar-refractivity contribution in [2.75, 3.05) is 12.4 Å². The van der Waals surface area contributed by atoms with E-state index in [1.165, 1.54) is 16.9 Å². The smallest absolute Gasteiger partial charge is 0.498 e. The molecule has 0 atom stereocenters. The average molecular weight is 422 g/mol. The zero-order chi connectivity index (χ0) is 20.8. The van der Waals surface area contributed by atoms with E-state index in [1.807, 2.05) is 30.3 Å². The minimum absolute atomic E-state index is 0.00922. The number of hydrogen-bond acceptors (Lipinski definition) is 9. The molecule has 1 aromatic carbocycles. The van der Waals surface area contributed by atoms with Crippen LogP contribution < -0.4 is 5.84 Å². The van der Waals surface area contributed by atoms with Gasteiger partial charge in [0.2, 0.25) is 0 Å². The summed E-state index contributed by atoms with van der Waals surface area (Å²) in [7, 11) is 0. The van der Waals surface area contributed by atoms with Crippen LogP contribution >= 0.6 is 11.8 Å². The van der Waals surface area contributed by atoms with Gasteiger partial charge in [-0.3, -0.25) is 4.79 Å². The maximum Gasteiger partial charge on any atom is 0.498 e. The van der Waals surface area contributed by atoms with Gasteiger partial charge >= 0.3 is 18.0 Å². The number of hydrazone groups is 1. The number of unbranched alkanes of at least 4 members (excludes halogenated alkanes) is 1. The Morgan fingerprint density at radius 2 is 2.03 bits per heavy atom. The highest BCUT2D eigenvalue weighted by Gasteiger charge is 2.49. The quantitative estimate of drug-likeness (QED) is 0.288. The normalized spacial score (nSPS) is 16.8. The number of amides is 1. The van der Waals surface area contributed by atoms with Gasteiger partial charge in [0, 0.05) is 11.8 Å². The van der Waals surface area contributed by atoms with Crippen LogP contribution in [0.3, 0.4) is 0 Å². The number of hydrazine groups is 4. The topological polar surface area (TPSA) is 129 Å². The number of rotatable bonds is 7. The molecule has 3 N–H and O–H groups in total. The first kappa shape index (κ1) is 20.8. The van der Waals surface area contributed by atoms with Crippen molar-refractivity contribution in [2.45, 2.75) is 25.9 Å². The van der Waals surface area contributed by atoms with Crippen molar-refractivity contribution >= 4 is 29.8 Å². The van der Waals surface area contributed by atoms with Crippen LogP contribution in [-0.2, 0) is 16.1 Å². The number of carboxylic acids is 1. The zero-order valence-corrected chi connectivity index (χ0v) is 16.4. The first-order valence-corrected chi connectivity index (χ1v) is 9.97. The second kappa shape index (κ2) is 9.49. The largest absolute Gasteiger partial charge is 0.721 e. The maximum atomic E-state index is 12.9. The van der Waals surface area contributed by atoms with Crippen molar-refractivity contribution in [3.63, 3.8) is 0 Å². The Labute approximate surface area is 171 Å². The third-order valence-corrected chi connectivity index (χ3v) is 4.94. The summed E-state index contributed by atoms with van der Waals surface area (Å²) >= 11 is 1.46. The number of carbonyl (C=O) groups is 2. The Balaban J connectivity index is 1.74. The Kier molecular flexibility index (Phi) is 6.80. The van der Waals surface area contributed by atoms with Crippen LogP contribution in [0.15, 0.2) is 41.9 Å². The summed E-state index contributed by atoms with van der Waals surface area (Å²) in [6, 6.07) is 9.16. The molecule has 0 fully saturated rings. The average Bonchev–Trinajstić information content (AvgIpc) is 3.32. The Morgan fingerprint density at radius 1 is 1.28 bits per heavy atom. The van der Waals surface area contributed by atoms with Crippen LogP contribution in [0.25, 0.3) is 0 Å². The molecule has 3 rings (SSSR count). The van der Waals surface area contributed by atoms with E-state index in [1.54, 1.807) is 16.5 Å². The summed E-state index contributed by atoms with van der Waals surface area (Å²) in [6.07, 6.45) is 1.68. The monoisotopic (exact) mass is 422 g/mol. The fraction of sp³-hybridized carbons (Fsp3) is 0.353. The van der Waals surface area contributed by atoms with Gasteiger partial charge in [0.15, 0.2) is 0 Å². The van der Waals surface area contributed by atoms with Crippen LogP contribution in [0.2, 0.25) is 0 Å². The molecule has 2 aliphatic rings. The van der Waals surface area contributed by atoms with E-state index in [0.29, 0.717) is 23.6 Å². The predicted molar refractivity (Wildman–Crippen MR) is 105 cm³/mol. The number of ether oxygens (including phenoxy) is 1. The van der Waals surface area contributed by atoms with Gasteiger partial charge in [0.1, 0.15) is 12.5 Å². The minimum atomic E-state index is -0.910. The number of guanidine groups is 1. The van der Waals surface area contributed by atoms with E-state index < -0.39 is 12.1 Å². The van der Waals surface area contributed by atoms with Crippen molar-refractivity contribution < 1.29 is 24.3 Å². The molecule has 29 heavy (non-hydrogen) atoms. The highest BCUT2D eigenvalue weighted by molar-refractivity contribution is 8.02. The van der Waals surface area contributed by atoms with Crippen molar-refractivity contribution in [1.29, 1.82) is 0 Å². The second-order valence-corrected chi connectivity index (χ2v) is 7.11. The van der Waals surface area contributed by atoms with Crippen molar-refractivity contribution in [3.8, 4) is 0 Å². The molecule has 2 aliphatic heterocycles. The molecule has 0 aliphatic carbocycles. The Bertz CT molecular complexity index is 805. The number of thioether (sulfide) groups is 1. The molecule has 0 bridgehead atoms. The summed E-state index contributed by atoms with van der Waals surface area (Å²) in [6.45, 7) is 0.196. The molecule has 11 nitrogen and oxygen atoms in total. The van der Waals surface area contributed by atoms with Gasteiger partial charge in [-0.25, -0.2) is 15.5 Å². The number of carbonyl (C=O) groups excluding carboxylic acids is 1. The molecule has 2 heterocycles. The molecule has 1 aromatic rings. The lowest BCUT2D eigenvalue weighted by Gasteiger charge is -2.26. The third-order valence-electron chi connectivity index (χ3n) is 4.20. The van der Waals surface area contributed by atoms with Crippen molar-refractivity contribution in [1.82, 2.24) is 20.3 Å². The van der Waals surface area contributed by atoms with E-state index in [4.69, 9.17) is 15.7 Å². The molecular formula is C17H22N6O5S. The standard InChI is InChI=1S/C17H22N6O5S/c18-23-20(9-5-4-8-15(24)25)21(16(22(23)27)19-10-11-29-13-19)17(26)28-12-14-6-2-1-3-7-14/h1-3,6-7,10-11H,4-5,8-9,12-13,18H2,(H,24,25). The highest BCUT2D eigenvalue weighted by Crippen LogP contribution is 2.23. The number of hydrogen-bond donors (Lipinski definition) is 2. The minimum Gasteiger partial charge on any atom is -0.721 e.